The fourth-order valence-electron chi connectivity index (χ4n) is 0.258. The van der Waals surface area contributed by atoms with Crippen LogP contribution in [0, 0.1) is 0 Å². The van der Waals surface area contributed by atoms with Gasteiger partial charge in [0, 0.05) is 0 Å². The van der Waals surface area contributed by atoms with Gasteiger partial charge in [-0.15, -0.1) is 0 Å². The zero-order valence-corrected chi connectivity index (χ0v) is 4.76. The third kappa shape index (κ3) is 0.671. The topological polar surface area (TPSA) is 21.6 Å². The first kappa shape index (κ1) is 4.03. The molecule has 0 atom stereocenters. The summed E-state index contributed by atoms with van der Waals surface area (Å²) in [6.07, 6.45) is 1.71. The summed E-state index contributed by atoms with van der Waals surface area (Å²) >= 11 is 2.64. The van der Waals surface area contributed by atoms with Crippen LogP contribution in [0.25, 0.3) is 0 Å². The van der Waals surface area contributed by atoms with E-state index in [1.54, 1.807) is 6.21 Å². The van der Waals surface area contributed by atoms with Crippen LogP contribution < -0.4 is 0 Å². The van der Waals surface area contributed by atoms with Gasteiger partial charge in [0.05, 0.1) is 0 Å². The van der Waals surface area contributed by atoms with Crippen molar-refractivity contribution in [3.05, 3.63) is 0 Å². The average Bonchev–Trinajstić information content (AvgIpc) is 1.86. The summed E-state index contributed by atoms with van der Waals surface area (Å²) in [6, 6.07) is 0. The second-order valence-corrected chi connectivity index (χ2v) is 1.62. The van der Waals surface area contributed by atoms with Gasteiger partial charge in [0.15, 0.2) is 0 Å². The van der Waals surface area contributed by atoms with Crippen LogP contribution in [0.3, 0.4) is 0 Å². The molecule has 0 amide bonds. The Balaban J connectivity index is 2.59. The molecule has 1 rings (SSSR count). The Hall–Kier alpha value is -0.141. The van der Waals surface area contributed by atoms with E-state index in [1.165, 1.54) is 0 Å². The van der Waals surface area contributed by atoms with Crippen LogP contribution in [0.1, 0.15) is 0 Å². The van der Waals surface area contributed by atoms with Gasteiger partial charge < -0.3 is 0 Å². The maximum absolute atomic E-state index is 4.79. The van der Waals surface area contributed by atoms with E-state index in [0.717, 1.165) is 0 Å². The second-order valence-electron chi connectivity index (χ2n) is 0.889. The predicted molar refractivity (Wildman–Crippen MR) is 25.2 cm³/mol. The van der Waals surface area contributed by atoms with Crippen LogP contribution in [-0.2, 0) is 4.74 Å². The molecule has 0 saturated carbocycles. The Morgan fingerprint density at radius 1 is 2.00 bits per heavy atom. The Bertz CT molecular complexity index is 99.0. The molecule has 2 nitrogen and oxygen atoms in total. The third-order valence-corrected chi connectivity index (χ3v) is 0.946. The van der Waals surface area contributed by atoms with Crippen molar-refractivity contribution in [1.29, 1.82) is 0 Å². The Kier molecular flexibility index (Phi) is 1.03. The van der Waals surface area contributed by atoms with E-state index in [9.17, 15) is 0 Å². The minimum absolute atomic E-state index is 0.627. The summed E-state index contributed by atoms with van der Waals surface area (Å²) in [6.45, 7) is 0.627. The normalized spacial score (nSPS) is 18.3. The predicted octanol–water partition coefficient (Wildman–Crippen LogP) is -0.657. The number of aliphatic imine (C=N–C) groups is 1. The summed E-state index contributed by atoms with van der Waals surface area (Å²) in [5.41, 5.74) is 0. The molecule has 0 unspecified atom stereocenters. The summed E-state index contributed by atoms with van der Waals surface area (Å²) in [5, 5.41) is 0. The number of hydrogen-bond acceptors (Lipinski definition) is 2. The first-order valence-corrected chi connectivity index (χ1v) is 2.44. The molecule has 0 spiro atoms. The van der Waals surface area contributed by atoms with Crippen LogP contribution in [-0.4, -0.2) is 33.1 Å². The third-order valence-electron chi connectivity index (χ3n) is 0.478. The number of nitrogens with zero attached hydrogens (tertiary/aromatic N) is 1. The molecule has 0 aromatic carbocycles. The van der Waals surface area contributed by atoms with E-state index in [0.29, 0.717) is 11.3 Å². The van der Waals surface area contributed by atoms with Crippen LogP contribution in [0.5, 0.6) is 0 Å². The van der Waals surface area contributed by atoms with Gasteiger partial charge in [0.25, 0.3) is 0 Å². The van der Waals surface area contributed by atoms with Crippen LogP contribution in [0.15, 0.2) is 4.99 Å². The summed E-state index contributed by atoms with van der Waals surface area (Å²) in [7, 11) is 0. The van der Waals surface area contributed by atoms with Gasteiger partial charge in [-0.1, -0.05) is 0 Å². The molecular weight excluding hydrogens is 145 g/mol. The molecule has 0 aliphatic carbocycles. The molecule has 0 N–H and O–H groups in total. The van der Waals surface area contributed by atoms with Crippen LogP contribution in [0.2, 0.25) is 0 Å². The van der Waals surface area contributed by atoms with Gasteiger partial charge in [0.2, 0.25) is 0 Å². The standard InChI is InChI=1S/C3H3NOSe/c6-3-4-1-2-5-3/h1H,2H2. The molecule has 0 aromatic heterocycles. The van der Waals surface area contributed by atoms with Crippen molar-refractivity contribution in [3.63, 3.8) is 0 Å². The monoisotopic (exact) mass is 149 g/mol. The fourth-order valence-corrected chi connectivity index (χ4v) is 0.557. The molecule has 1 aliphatic rings. The first-order chi connectivity index (χ1) is 2.89. The second kappa shape index (κ2) is 1.54. The molecule has 6 heavy (non-hydrogen) atoms. The van der Waals surface area contributed by atoms with Crippen LogP contribution in [0.4, 0.5) is 0 Å². The van der Waals surface area contributed by atoms with Crippen molar-refractivity contribution in [1.82, 2.24) is 0 Å². The van der Waals surface area contributed by atoms with E-state index in [4.69, 9.17) is 4.74 Å². The zero-order chi connectivity index (χ0) is 4.41. The van der Waals surface area contributed by atoms with E-state index >= 15 is 0 Å². The Morgan fingerprint density at radius 3 is 3.00 bits per heavy atom. The van der Waals surface area contributed by atoms with Gasteiger partial charge in [0.1, 0.15) is 0 Å². The minimum atomic E-state index is 0.627. The molecule has 0 fully saturated rings. The summed E-state index contributed by atoms with van der Waals surface area (Å²) in [5.74, 6) is 0. The van der Waals surface area contributed by atoms with Gasteiger partial charge in [-0.25, -0.2) is 0 Å². The first-order valence-electron chi connectivity index (χ1n) is 1.59. The number of ether oxygens (including phenoxy) is 1. The Labute approximate surface area is 43.6 Å². The zero-order valence-electron chi connectivity index (χ0n) is 3.05. The van der Waals surface area contributed by atoms with Crippen molar-refractivity contribution >= 4 is 26.5 Å². The molecular formula is C3H3NOSe. The quantitative estimate of drug-likeness (QED) is 0.418. The molecule has 0 bridgehead atoms. The number of rotatable bonds is 0. The summed E-state index contributed by atoms with van der Waals surface area (Å²) < 4.78 is 5.44. The van der Waals surface area contributed by atoms with E-state index in [-0.39, 0.29) is 0 Å². The van der Waals surface area contributed by atoms with Crippen LogP contribution >= 0.6 is 0 Å². The van der Waals surface area contributed by atoms with Crippen molar-refractivity contribution in [2.75, 3.05) is 6.61 Å². The molecule has 1 aliphatic heterocycles. The van der Waals surface area contributed by atoms with Crippen molar-refractivity contribution in [3.8, 4) is 0 Å². The molecule has 32 valence electrons. The average molecular weight is 148 g/mol. The maximum atomic E-state index is 4.79. The molecule has 1 heterocycles. The molecule has 0 aromatic rings. The van der Waals surface area contributed by atoms with Gasteiger partial charge in [-0.3, -0.25) is 0 Å². The Morgan fingerprint density at radius 2 is 2.83 bits per heavy atom. The van der Waals surface area contributed by atoms with Crippen molar-refractivity contribution in [2.24, 2.45) is 4.99 Å². The SMILES string of the molecule is [Se]=C1N=CCO1. The van der Waals surface area contributed by atoms with Crippen molar-refractivity contribution < 1.29 is 4.74 Å². The van der Waals surface area contributed by atoms with E-state index < -0.39 is 0 Å². The molecule has 0 saturated heterocycles. The molecule has 3 heteroatoms. The van der Waals surface area contributed by atoms with Gasteiger partial charge in [-0.05, 0) is 0 Å². The molecule has 0 radical (unpaired) electrons. The van der Waals surface area contributed by atoms with E-state index in [2.05, 4.69) is 20.6 Å². The van der Waals surface area contributed by atoms with Gasteiger partial charge >= 0.3 is 42.9 Å². The number of hydrogen-bond donors (Lipinski definition) is 0. The van der Waals surface area contributed by atoms with Gasteiger partial charge in [-0.2, -0.15) is 0 Å². The van der Waals surface area contributed by atoms with Crippen molar-refractivity contribution in [2.45, 2.75) is 0 Å². The van der Waals surface area contributed by atoms with E-state index in [1.807, 2.05) is 0 Å². The fraction of sp³-hybridized carbons (Fsp3) is 0.333. The summed E-state index contributed by atoms with van der Waals surface area (Å²) in [4.78, 5) is 3.75.